The van der Waals surface area contributed by atoms with Crippen LogP contribution in [0.4, 0.5) is 5.69 Å². The van der Waals surface area contributed by atoms with Gasteiger partial charge in [-0.2, -0.15) is 5.10 Å². The summed E-state index contributed by atoms with van der Waals surface area (Å²) in [5.41, 5.74) is 2.92. The molecule has 0 aliphatic carbocycles. The van der Waals surface area contributed by atoms with Crippen molar-refractivity contribution in [1.82, 2.24) is 9.78 Å². The Morgan fingerprint density at radius 2 is 2.10 bits per heavy atom. The van der Waals surface area contributed by atoms with Crippen molar-refractivity contribution in [2.75, 3.05) is 12.4 Å². The fourth-order valence-electron chi connectivity index (χ4n) is 2.19. The standard InChI is InChI=1S/C15H19N3O3/c1-10-12(9-19)11(2)18(17-10)8-15(20)16-13-6-4-5-7-14(13)21-3/h4-7,19H,8-9H2,1-3H3,(H,16,20). The number of aliphatic hydroxyl groups excluding tert-OH is 1. The summed E-state index contributed by atoms with van der Waals surface area (Å²) >= 11 is 0. The van der Waals surface area contributed by atoms with Gasteiger partial charge >= 0.3 is 0 Å². The third-order valence-electron chi connectivity index (χ3n) is 3.36. The van der Waals surface area contributed by atoms with E-state index in [2.05, 4.69) is 10.4 Å². The second-order valence-electron chi connectivity index (χ2n) is 4.71. The van der Waals surface area contributed by atoms with Gasteiger partial charge in [-0.3, -0.25) is 9.48 Å². The lowest BCUT2D eigenvalue weighted by molar-refractivity contribution is -0.117. The quantitative estimate of drug-likeness (QED) is 0.877. The average molecular weight is 289 g/mol. The van der Waals surface area contributed by atoms with Crippen LogP contribution < -0.4 is 10.1 Å². The maximum absolute atomic E-state index is 12.1. The number of hydrogen-bond acceptors (Lipinski definition) is 4. The van der Waals surface area contributed by atoms with Gasteiger partial charge < -0.3 is 15.2 Å². The van der Waals surface area contributed by atoms with Crippen molar-refractivity contribution in [3.8, 4) is 5.75 Å². The van der Waals surface area contributed by atoms with Crippen molar-refractivity contribution in [1.29, 1.82) is 0 Å². The second kappa shape index (κ2) is 6.41. The van der Waals surface area contributed by atoms with Crippen LogP contribution in [0.2, 0.25) is 0 Å². The van der Waals surface area contributed by atoms with E-state index in [-0.39, 0.29) is 19.1 Å². The molecule has 2 rings (SSSR count). The molecule has 0 bridgehead atoms. The lowest BCUT2D eigenvalue weighted by Gasteiger charge is -2.10. The SMILES string of the molecule is COc1ccccc1NC(=O)Cn1nc(C)c(CO)c1C. The van der Waals surface area contributed by atoms with Crippen LogP contribution in [0.3, 0.4) is 0 Å². The van der Waals surface area contributed by atoms with Gasteiger partial charge in [0.05, 0.1) is 25.1 Å². The number of hydrogen-bond donors (Lipinski definition) is 2. The number of carbonyl (C=O) groups is 1. The summed E-state index contributed by atoms with van der Waals surface area (Å²) in [6, 6.07) is 7.22. The van der Waals surface area contributed by atoms with Gasteiger partial charge in [-0.15, -0.1) is 0 Å². The van der Waals surface area contributed by atoms with Gasteiger partial charge in [-0.25, -0.2) is 0 Å². The van der Waals surface area contributed by atoms with Crippen molar-refractivity contribution >= 4 is 11.6 Å². The van der Waals surface area contributed by atoms with E-state index in [1.54, 1.807) is 23.9 Å². The number of benzene rings is 1. The first-order chi connectivity index (χ1) is 10.1. The smallest absolute Gasteiger partial charge is 0.246 e. The summed E-state index contributed by atoms with van der Waals surface area (Å²) in [7, 11) is 1.56. The Hall–Kier alpha value is -2.34. The van der Waals surface area contributed by atoms with Crippen molar-refractivity contribution < 1.29 is 14.6 Å². The van der Waals surface area contributed by atoms with Crippen molar-refractivity contribution in [2.45, 2.75) is 27.0 Å². The van der Waals surface area contributed by atoms with Gasteiger partial charge in [-0.1, -0.05) is 12.1 Å². The summed E-state index contributed by atoms with van der Waals surface area (Å²) < 4.78 is 6.78. The molecule has 2 N–H and O–H groups in total. The summed E-state index contributed by atoms with van der Waals surface area (Å²) in [6.45, 7) is 3.66. The number of ether oxygens (including phenoxy) is 1. The van der Waals surface area contributed by atoms with Crippen LogP contribution in [0.15, 0.2) is 24.3 Å². The largest absolute Gasteiger partial charge is 0.495 e. The van der Waals surface area contributed by atoms with Crippen LogP contribution in [-0.4, -0.2) is 27.9 Å². The minimum absolute atomic E-state index is 0.0776. The van der Waals surface area contributed by atoms with Crippen LogP contribution in [0.5, 0.6) is 5.75 Å². The van der Waals surface area contributed by atoms with E-state index in [4.69, 9.17) is 4.74 Å². The number of nitrogens with zero attached hydrogens (tertiary/aromatic N) is 2. The fraction of sp³-hybridized carbons (Fsp3) is 0.333. The number of amides is 1. The van der Waals surface area contributed by atoms with E-state index in [9.17, 15) is 9.90 Å². The molecule has 0 unspecified atom stereocenters. The monoisotopic (exact) mass is 289 g/mol. The molecule has 0 saturated carbocycles. The van der Waals surface area contributed by atoms with E-state index in [1.807, 2.05) is 26.0 Å². The molecule has 6 heteroatoms. The molecule has 0 aliphatic rings. The zero-order valence-corrected chi connectivity index (χ0v) is 12.4. The first-order valence-corrected chi connectivity index (χ1v) is 6.63. The van der Waals surface area contributed by atoms with Gasteiger partial charge in [0.25, 0.3) is 0 Å². The number of aryl methyl sites for hydroxylation is 1. The number of aliphatic hydroxyl groups is 1. The Balaban J connectivity index is 2.12. The third kappa shape index (κ3) is 3.22. The topological polar surface area (TPSA) is 76.4 Å². The van der Waals surface area contributed by atoms with Crippen LogP contribution in [0, 0.1) is 13.8 Å². The van der Waals surface area contributed by atoms with Gasteiger partial charge in [0.2, 0.25) is 5.91 Å². The molecule has 0 spiro atoms. The lowest BCUT2D eigenvalue weighted by Crippen LogP contribution is -2.20. The van der Waals surface area contributed by atoms with Crippen molar-refractivity contribution in [3.05, 3.63) is 41.2 Å². The molecule has 1 aromatic heterocycles. The molecule has 112 valence electrons. The lowest BCUT2D eigenvalue weighted by atomic mass is 10.2. The summed E-state index contributed by atoms with van der Waals surface area (Å²) in [5, 5.41) is 16.3. The average Bonchev–Trinajstić information content (AvgIpc) is 2.73. The molecule has 0 saturated heterocycles. The van der Waals surface area contributed by atoms with Gasteiger partial charge in [0.15, 0.2) is 0 Å². The molecule has 1 heterocycles. The highest BCUT2D eigenvalue weighted by molar-refractivity contribution is 5.92. The highest BCUT2D eigenvalue weighted by Crippen LogP contribution is 2.23. The van der Waals surface area contributed by atoms with Crippen molar-refractivity contribution in [3.63, 3.8) is 0 Å². The number of carbonyl (C=O) groups excluding carboxylic acids is 1. The molecule has 0 aliphatic heterocycles. The number of anilines is 1. The highest BCUT2D eigenvalue weighted by Gasteiger charge is 2.14. The van der Waals surface area contributed by atoms with Crippen LogP contribution in [0.1, 0.15) is 17.0 Å². The number of aromatic nitrogens is 2. The second-order valence-corrected chi connectivity index (χ2v) is 4.71. The third-order valence-corrected chi connectivity index (χ3v) is 3.36. The van der Waals surface area contributed by atoms with E-state index in [0.29, 0.717) is 11.4 Å². The Kier molecular flexibility index (Phi) is 4.59. The number of rotatable bonds is 5. The molecular formula is C15H19N3O3. The fourth-order valence-corrected chi connectivity index (χ4v) is 2.19. The summed E-state index contributed by atoms with van der Waals surface area (Å²) in [5.74, 6) is 0.407. The molecule has 6 nitrogen and oxygen atoms in total. The maximum atomic E-state index is 12.1. The normalized spacial score (nSPS) is 10.5. The predicted octanol–water partition coefficient (Wildman–Crippen LogP) is 1.64. The Morgan fingerprint density at radius 1 is 1.38 bits per heavy atom. The van der Waals surface area contributed by atoms with Crippen LogP contribution in [-0.2, 0) is 17.9 Å². The molecule has 21 heavy (non-hydrogen) atoms. The van der Waals surface area contributed by atoms with E-state index < -0.39 is 0 Å². The Morgan fingerprint density at radius 3 is 2.71 bits per heavy atom. The van der Waals surface area contributed by atoms with E-state index >= 15 is 0 Å². The first-order valence-electron chi connectivity index (χ1n) is 6.63. The predicted molar refractivity (Wildman–Crippen MR) is 79.2 cm³/mol. The molecule has 0 atom stereocenters. The zero-order chi connectivity index (χ0) is 15.4. The number of para-hydroxylation sites is 2. The molecule has 1 aromatic carbocycles. The highest BCUT2D eigenvalue weighted by atomic mass is 16.5. The van der Waals surface area contributed by atoms with Gasteiger partial charge in [0, 0.05) is 11.3 Å². The number of methoxy groups -OCH3 is 1. The first kappa shape index (κ1) is 15.1. The zero-order valence-electron chi connectivity index (χ0n) is 12.4. The number of nitrogens with one attached hydrogen (secondary N) is 1. The van der Waals surface area contributed by atoms with E-state index in [1.165, 1.54) is 0 Å². The Bertz CT molecular complexity index is 650. The van der Waals surface area contributed by atoms with Crippen molar-refractivity contribution in [2.24, 2.45) is 0 Å². The van der Waals surface area contributed by atoms with Crippen LogP contribution >= 0.6 is 0 Å². The Labute approximate surface area is 123 Å². The van der Waals surface area contributed by atoms with Gasteiger partial charge in [0.1, 0.15) is 12.3 Å². The van der Waals surface area contributed by atoms with Gasteiger partial charge in [-0.05, 0) is 26.0 Å². The summed E-state index contributed by atoms with van der Waals surface area (Å²) in [6.07, 6.45) is 0. The van der Waals surface area contributed by atoms with Crippen LogP contribution in [0.25, 0.3) is 0 Å². The maximum Gasteiger partial charge on any atom is 0.246 e. The molecular weight excluding hydrogens is 270 g/mol. The molecule has 0 fully saturated rings. The van der Waals surface area contributed by atoms with E-state index in [0.717, 1.165) is 17.0 Å². The molecule has 0 radical (unpaired) electrons. The minimum atomic E-state index is -0.199. The molecule has 2 aromatic rings. The minimum Gasteiger partial charge on any atom is -0.495 e. The summed E-state index contributed by atoms with van der Waals surface area (Å²) in [4.78, 5) is 12.1. The molecule has 1 amide bonds.